The van der Waals surface area contributed by atoms with Gasteiger partial charge in [-0.1, -0.05) is 63.2 Å². The molecule has 37 heavy (non-hydrogen) atoms. The van der Waals surface area contributed by atoms with E-state index in [0.29, 0.717) is 23.9 Å². The molecule has 0 amide bonds. The first kappa shape index (κ1) is 30.5. The number of nitrogens with two attached hydrogens (primary N) is 2. The van der Waals surface area contributed by atoms with Crippen LogP contribution in [0.15, 0.2) is 90.8 Å². The van der Waals surface area contributed by atoms with Gasteiger partial charge in [-0.15, -0.1) is 0 Å². The average Bonchev–Trinajstić information content (AvgIpc) is 2.91. The van der Waals surface area contributed by atoms with Crippen molar-refractivity contribution in [2.24, 2.45) is 17.4 Å². The third kappa shape index (κ3) is 8.12. The van der Waals surface area contributed by atoms with Crippen molar-refractivity contribution in [2.45, 2.75) is 57.1 Å². The van der Waals surface area contributed by atoms with Crippen molar-refractivity contribution in [1.29, 1.82) is 0 Å². The van der Waals surface area contributed by atoms with Crippen LogP contribution in [-0.2, 0) is 12.0 Å². The van der Waals surface area contributed by atoms with E-state index in [9.17, 15) is 5.11 Å². The summed E-state index contributed by atoms with van der Waals surface area (Å²) in [6.07, 6.45) is 5.15. The van der Waals surface area contributed by atoms with Gasteiger partial charge in [0.15, 0.2) is 0 Å². The molecule has 0 spiro atoms. The van der Waals surface area contributed by atoms with Crippen LogP contribution >= 0.6 is 0 Å². The number of benzene rings is 2. The Balaban J connectivity index is 0.00000235. The average molecular weight is 608 g/mol. The van der Waals surface area contributed by atoms with Crippen LogP contribution in [0.25, 0.3) is 5.70 Å². The van der Waals surface area contributed by atoms with Crippen molar-refractivity contribution in [2.75, 3.05) is 0 Å². The summed E-state index contributed by atoms with van der Waals surface area (Å²) in [6.45, 7) is 10.5. The monoisotopic (exact) mass is 607 g/mol. The van der Waals surface area contributed by atoms with Crippen LogP contribution in [-0.4, -0.2) is 38.7 Å². The van der Waals surface area contributed by atoms with E-state index in [4.69, 9.17) is 16.2 Å². The molecule has 196 valence electrons. The van der Waals surface area contributed by atoms with Crippen LogP contribution in [0.3, 0.4) is 0 Å². The first-order valence-electron chi connectivity index (χ1n) is 12.4. The zero-order valence-electron chi connectivity index (χ0n) is 22.8. The van der Waals surface area contributed by atoms with Gasteiger partial charge in [0.05, 0.1) is 11.3 Å². The zero-order valence-corrected chi connectivity index (χ0v) is 25.3. The molecule has 5 N–H and O–H groups in total. The van der Waals surface area contributed by atoms with E-state index in [-0.39, 0.29) is 5.41 Å². The number of aromatic nitrogens is 1. The molecule has 5 nitrogen and oxygen atoms in total. The Kier molecular flexibility index (Phi) is 11.3. The van der Waals surface area contributed by atoms with Gasteiger partial charge >= 0.3 is 27.9 Å². The van der Waals surface area contributed by atoms with Gasteiger partial charge in [0, 0.05) is 23.0 Å². The Bertz CT molecular complexity index is 1170. The van der Waals surface area contributed by atoms with Crippen LogP contribution in [0.2, 0.25) is 4.87 Å². The molecule has 0 aliphatic heterocycles. The molecule has 1 heterocycles. The van der Waals surface area contributed by atoms with Gasteiger partial charge < -0.3 is 21.3 Å². The third-order valence-corrected chi connectivity index (χ3v) is 6.69. The van der Waals surface area contributed by atoms with Crippen molar-refractivity contribution in [3.05, 3.63) is 113 Å². The molecule has 0 bridgehead atoms. The molecule has 2 radical (unpaired) electrons. The third-order valence-electron chi connectivity index (χ3n) is 6.69. The summed E-state index contributed by atoms with van der Waals surface area (Å²) in [5, 5.41) is 9.98. The second-order valence-corrected chi connectivity index (χ2v) is 9.87. The summed E-state index contributed by atoms with van der Waals surface area (Å²) in [6, 6.07) is 22.4. The molecule has 1 aromatic heterocycles. The van der Waals surface area contributed by atoms with E-state index < -0.39 is 5.60 Å². The predicted molar refractivity (Wildman–Crippen MR) is 155 cm³/mol. The van der Waals surface area contributed by atoms with Crippen LogP contribution in [0.1, 0.15) is 57.0 Å². The normalized spacial score (nSPS) is 14.0. The summed E-state index contributed by atoms with van der Waals surface area (Å²) in [7, 11) is 0. The number of nitrogens with zero attached hydrogens (tertiary/aromatic N) is 1. The Morgan fingerprint density at radius 2 is 1.49 bits per heavy atom. The van der Waals surface area contributed by atoms with Crippen LogP contribution in [0, 0.1) is 5.92 Å². The van der Waals surface area contributed by atoms with Gasteiger partial charge in [-0.05, 0) is 72.9 Å². The van der Waals surface area contributed by atoms with Gasteiger partial charge in [0.25, 0.3) is 0 Å². The molecule has 3 rings (SSSR count). The van der Waals surface area contributed by atoms with Gasteiger partial charge in [-0.25, -0.2) is 0 Å². The number of aliphatic hydroxyl groups is 1. The topological polar surface area (TPSA) is 94.4 Å². The van der Waals surface area contributed by atoms with E-state index in [2.05, 4.69) is 54.9 Å². The van der Waals surface area contributed by atoms with Gasteiger partial charge in [0.2, 0.25) is 0 Å². The number of allylic oxidation sites excluding steroid dienone is 2. The minimum absolute atomic E-state index is 0.193. The molecule has 0 fully saturated rings. The van der Waals surface area contributed by atoms with Crippen LogP contribution in [0.4, 0.5) is 0 Å². The fourth-order valence-electron chi connectivity index (χ4n) is 3.86. The first-order chi connectivity index (χ1) is 17.5. The molecule has 6 heteroatoms. The number of pyridine rings is 1. The number of ether oxygens (including phenoxy) is 1. The van der Waals surface area contributed by atoms with Crippen molar-refractivity contribution >= 4 is 28.7 Å². The summed E-state index contributed by atoms with van der Waals surface area (Å²) in [5.41, 5.74) is 16.1. The molecular weight excluding hydrogens is 568 g/mol. The molecule has 3 aromatic rings. The van der Waals surface area contributed by atoms with Crippen molar-refractivity contribution in [3.8, 4) is 5.75 Å². The van der Waals surface area contributed by atoms with E-state index in [1.54, 1.807) is 55.2 Å². The standard InChI is InChI=1S/C30H37N3O2.CH3.Sb/c1-21(2)30(5,24-13-15-26(16-14-24)35-20-25-8-6-7-19-33-25)23-11-9-22(10-12-23)27(31)17-18-28(32)29(3,4)34;;/h6-19,21,34H,20,31-32H2,1-5H3;1H3;/b27-17-,28-18-;;. The second kappa shape index (κ2) is 13.7. The van der Waals surface area contributed by atoms with Crippen molar-refractivity contribution in [3.63, 3.8) is 0 Å². The summed E-state index contributed by atoms with van der Waals surface area (Å²) < 4.78 is 5.92. The molecular formula is C31H40N3O2Sb. The van der Waals surface area contributed by atoms with Gasteiger partial charge in [-0.3, -0.25) is 4.98 Å². The zero-order chi connectivity index (χ0) is 27.6. The Morgan fingerprint density at radius 3 is 1.97 bits per heavy atom. The fourth-order valence-corrected chi connectivity index (χ4v) is 3.86. The predicted octanol–water partition coefficient (Wildman–Crippen LogP) is 5.74. The Morgan fingerprint density at radius 1 is 0.919 bits per heavy atom. The van der Waals surface area contributed by atoms with E-state index in [1.165, 1.54) is 11.1 Å². The van der Waals surface area contributed by atoms with Gasteiger partial charge in [-0.2, -0.15) is 0 Å². The van der Waals surface area contributed by atoms with E-state index in [1.807, 2.05) is 42.5 Å². The molecule has 2 aromatic carbocycles. The quantitative estimate of drug-likeness (QED) is 0.213. The fraction of sp³-hybridized carbons (Fsp3) is 0.323. The maximum atomic E-state index is 9.98. The molecule has 0 saturated carbocycles. The summed E-state index contributed by atoms with van der Waals surface area (Å²) in [5.74, 6) is 1.17. The second-order valence-electron chi connectivity index (χ2n) is 9.87. The Labute approximate surface area is 236 Å². The summed E-state index contributed by atoms with van der Waals surface area (Å²) >= 11 is 1.75. The van der Waals surface area contributed by atoms with Crippen molar-refractivity contribution in [1.82, 2.24) is 4.98 Å². The maximum absolute atomic E-state index is 9.98. The number of hydrogen-bond donors (Lipinski definition) is 3. The molecule has 0 aliphatic rings. The summed E-state index contributed by atoms with van der Waals surface area (Å²) in [4.78, 5) is 6.36. The van der Waals surface area contributed by atoms with Crippen molar-refractivity contribution < 1.29 is 9.84 Å². The molecule has 1 unspecified atom stereocenters. The molecule has 1 atom stereocenters. The van der Waals surface area contributed by atoms with Crippen LogP contribution in [0.5, 0.6) is 5.75 Å². The molecule has 0 saturated heterocycles. The van der Waals surface area contributed by atoms with E-state index in [0.717, 1.165) is 17.0 Å². The number of rotatable bonds is 9. The Hall–Kier alpha value is -2.75. The minimum atomic E-state index is -1.08. The van der Waals surface area contributed by atoms with Gasteiger partial charge in [0.1, 0.15) is 12.4 Å². The van der Waals surface area contributed by atoms with Crippen LogP contribution < -0.4 is 16.2 Å². The number of hydrogen-bond acceptors (Lipinski definition) is 5. The SMILES string of the molecule is CC(C)C(C)(c1ccc(OCc2ccccn2)cc1)c1ccc(/C(N)=C/C=C(\N)C(C)(C)O)cc1.[CH3][Sb]. The molecule has 0 aliphatic carbocycles. The van der Waals surface area contributed by atoms with E-state index >= 15 is 0 Å². The first-order valence-corrected chi connectivity index (χ1v) is 14.9.